The number of nitrogens with one attached hydrogen (secondary N) is 1. The second kappa shape index (κ2) is 9.38. The zero-order chi connectivity index (χ0) is 22.7. The van der Waals surface area contributed by atoms with Gasteiger partial charge in [0.2, 0.25) is 5.95 Å². The summed E-state index contributed by atoms with van der Waals surface area (Å²) in [5.41, 5.74) is 0.786. The van der Waals surface area contributed by atoms with E-state index in [4.69, 9.17) is 9.84 Å². The summed E-state index contributed by atoms with van der Waals surface area (Å²) >= 11 is 0. The van der Waals surface area contributed by atoms with Gasteiger partial charge in [0.25, 0.3) is 0 Å². The number of rotatable bonds is 8. The lowest BCUT2D eigenvalue weighted by Gasteiger charge is -2.35. The maximum absolute atomic E-state index is 16.1. The van der Waals surface area contributed by atoms with Crippen molar-refractivity contribution in [3.8, 4) is 17.0 Å². The highest BCUT2D eigenvalue weighted by Crippen LogP contribution is 2.42. The van der Waals surface area contributed by atoms with Gasteiger partial charge in [-0.2, -0.15) is 4.39 Å². The third kappa shape index (κ3) is 4.54. The normalized spacial score (nSPS) is 16.4. The molecule has 32 heavy (non-hydrogen) atoms. The topological polar surface area (TPSA) is 74.9 Å². The van der Waals surface area contributed by atoms with Crippen LogP contribution in [0.3, 0.4) is 0 Å². The summed E-state index contributed by atoms with van der Waals surface area (Å²) in [6, 6.07) is 4.80. The Labute approximate surface area is 186 Å². The number of piperidine rings is 1. The fourth-order valence-electron chi connectivity index (χ4n) is 4.10. The predicted molar refractivity (Wildman–Crippen MR) is 119 cm³/mol. The van der Waals surface area contributed by atoms with Gasteiger partial charge in [0.05, 0.1) is 18.5 Å². The van der Waals surface area contributed by atoms with Gasteiger partial charge in [0.1, 0.15) is 22.9 Å². The number of anilines is 1. The number of aromatic nitrogens is 3. The van der Waals surface area contributed by atoms with Crippen LogP contribution < -0.4 is 10.1 Å². The van der Waals surface area contributed by atoms with Crippen molar-refractivity contribution in [2.75, 3.05) is 45.2 Å². The standard InChI is InChI=1S/C23H29F2N5O2/c1-3-32-19-13-22-27-14-18(16-11-20(24)28-21(12-16)26-7-4-10-31)30(22)15-17(19)23(25)5-8-29(2)9-6-23/h11-15,31H,3-10H2,1-2H3,(H,26,28). The van der Waals surface area contributed by atoms with Crippen molar-refractivity contribution in [3.63, 3.8) is 0 Å². The number of hydrogen-bond donors (Lipinski definition) is 2. The smallest absolute Gasteiger partial charge is 0.215 e. The molecule has 0 radical (unpaired) electrons. The summed E-state index contributed by atoms with van der Waals surface area (Å²) in [7, 11) is 1.99. The lowest BCUT2D eigenvalue weighted by molar-refractivity contribution is 0.0640. The molecule has 9 heteroatoms. The van der Waals surface area contributed by atoms with E-state index in [0.717, 1.165) is 0 Å². The quantitative estimate of drug-likeness (QED) is 0.408. The summed E-state index contributed by atoms with van der Waals surface area (Å²) in [6.07, 6.45) is 4.66. The monoisotopic (exact) mass is 445 g/mol. The van der Waals surface area contributed by atoms with Gasteiger partial charge in [0, 0.05) is 55.7 Å². The lowest BCUT2D eigenvalue weighted by Crippen LogP contribution is -2.38. The summed E-state index contributed by atoms with van der Waals surface area (Å²) in [5, 5.41) is 12.0. The molecule has 0 aliphatic carbocycles. The van der Waals surface area contributed by atoms with Crippen LogP contribution in [0.25, 0.3) is 16.9 Å². The molecule has 1 fully saturated rings. The Morgan fingerprint density at radius 1 is 1.25 bits per heavy atom. The molecule has 1 aliphatic rings. The van der Waals surface area contributed by atoms with E-state index >= 15 is 4.39 Å². The van der Waals surface area contributed by atoms with Crippen molar-refractivity contribution in [1.29, 1.82) is 0 Å². The maximum Gasteiger partial charge on any atom is 0.215 e. The second-order valence-corrected chi connectivity index (χ2v) is 8.19. The first-order valence-corrected chi connectivity index (χ1v) is 11.0. The van der Waals surface area contributed by atoms with E-state index in [9.17, 15) is 4.39 Å². The van der Waals surface area contributed by atoms with Gasteiger partial charge < -0.3 is 20.1 Å². The Bertz CT molecular complexity index is 1080. The Morgan fingerprint density at radius 2 is 2.03 bits per heavy atom. The second-order valence-electron chi connectivity index (χ2n) is 8.19. The number of aliphatic hydroxyl groups excluding tert-OH is 1. The van der Waals surface area contributed by atoms with Crippen molar-refractivity contribution in [3.05, 3.63) is 42.1 Å². The highest BCUT2D eigenvalue weighted by Gasteiger charge is 2.38. The van der Waals surface area contributed by atoms with E-state index in [1.54, 1.807) is 28.9 Å². The number of likely N-dealkylation sites (tertiary alicyclic amines) is 1. The molecule has 4 rings (SSSR count). The van der Waals surface area contributed by atoms with Gasteiger partial charge >= 0.3 is 0 Å². The Balaban J connectivity index is 1.78. The highest BCUT2D eigenvalue weighted by molar-refractivity contribution is 5.67. The number of hydrogen-bond acceptors (Lipinski definition) is 6. The van der Waals surface area contributed by atoms with Gasteiger partial charge in [-0.1, -0.05) is 0 Å². The minimum absolute atomic E-state index is 0.0359. The fourth-order valence-corrected chi connectivity index (χ4v) is 4.10. The minimum atomic E-state index is -1.51. The molecule has 1 aliphatic heterocycles. The third-order valence-electron chi connectivity index (χ3n) is 5.90. The van der Waals surface area contributed by atoms with Gasteiger partial charge in [0.15, 0.2) is 0 Å². The van der Waals surface area contributed by atoms with Crippen molar-refractivity contribution in [2.45, 2.75) is 31.9 Å². The van der Waals surface area contributed by atoms with E-state index in [1.165, 1.54) is 6.07 Å². The van der Waals surface area contributed by atoms with Crippen LogP contribution in [-0.2, 0) is 5.67 Å². The first-order valence-electron chi connectivity index (χ1n) is 11.0. The first kappa shape index (κ1) is 22.4. The van der Waals surface area contributed by atoms with Crippen LogP contribution >= 0.6 is 0 Å². The maximum atomic E-state index is 16.1. The summed E-state index contributed by atoms with van der Waals surface area (Å²) in [6.45, 7) is 4.12. The summed E-state index contributed by atoms with van der Waals surface area (Å²) in [5.74, 6) is 0.232. The van der Waals surface area contributed by atoms with E-state index in [2.05, 4.69) is 20.2 Å². The van der Waals surface area contributed by atoms with E-state index < -0.39 is 11.6 Å². The Kier molecular flexibility index (Phi) is 6.57. The van der Waals surface area contributed by atoms with Crippen molar-refractivity contribution in [2.24, 2.45) is 0 Å². The SMILES string of the molecule is CCOc1cc2ncc(-c3cc(F)nc(NCCCO)c3)n2cc1C1(F)CCN(C)CC1. The van der Waals surface area contributed by atoms with Crippen LogP contribution in [0.4, 0.5) is 14.6 Å². The van der Waals surface area contributed by atoms with Crippen molar-refractivity contribution >= 4 is 11.5 Å². The molecule has 0 saturated carbocycles. The van der Waals surface area contributed by atoms with Crippen LogP contribution in [0.5, 0.6) is 5.75 Å². The molecule has 3 aromatic heterocycles. The molecule has 7 nitrogen and oxygen atoms in total. The predicted octanol–water partition coefficient (Wildman–Crippen LogP) is 3.62. The average Bonchev–Trinajstić information content (AvgIpc) is 3.18. The minimum Gasteiger partial charge on any atom is -0.493 e. The molecule has 3 aromatic rings. The molecule has 0 bridgehead atoms. The molecule has 0 atom stereocenters. The van der Waals surface area contributed by atoms with Crippen LogP contribution in [-0.4, -0.2) is 64.3 Å². The zero-order valence-electron chi connectivity index (χ0n) is 18.4. The van der Waals surface area contributed by atoms with Crippen molar-refractivity contribution < 1.29 is 18.6 Å². The first-order chi connectivity index (χ1) is 15.4. The molecule has 2 N–H and O–H groups in total. The number of aliphatic hydroxyl groups is 1. The summed E-state index contributed by atoms with van der Waals surface area (Å²) < 4.78 is 37.9. The highest BCUT2D eigenvalue weighted by atomic mass is 19.1. The number of halogens is 2. The van der Waals surface area contributed by atoms with Gasteiger partial charge in [-0.05, 0) is 39.3 Å². The molecule has 1 saturated heterocycles. The molecule has 0 spiro atoms. The number of pyridine rings is 2. The van der Waals surface area contributed by atoms with Crippen LogP contribution in [0.15, 0.2) is 30.6 Å². The van der Waals surface area contributed by atoms with E-state index in [-0.39, 0.29) is 6.61 Å². The summed E-state index contributed by atoms with van der Waals surface area (Å²) in [4.78, 5) is 10.4. The molecule has 172 valence electrons. The van der Waals surface area contributed by atoms with Crippen LogP contribution in [0, 0.1) is 5.95 Å². The third-order valence-corrected chi connectivity index (χ3v) is 5.90. The molecule has 0 unspecified atom stereocenters. The van der Waals surface area contributed by atoms with Crippen LogP contribution in [0.2, 0.25) is 0 Å². The van der Waals surface area contributed by atoms with E-state index in [1.807, 2.05) is 14.0 Å². The van der Waals surface area contributed by atoms with Crippen LogP contribution in [0.1, 0.15) is 31.7 Å². The molecular formula is C23H29F2N5O2. The lowest BCUT2D eigenvalue weighted by atomic mass is 9.86. The average molecular weight is 446 g/mol. The largest absolute Gasteiger partial charge is 0.493 e. The number of ether oxygens (including phenoxy) is 1. The molecule has 0 aromatic carbocycles. The number of fused-ring (bicyclic) bond motifs is 1. The van der Waals surface area contributed by atoms with Gasteiger partial charge in [-0.15, -0.1) is 0 Å². The molecule has 0 amide bonds. The zero-order valence-corrected chi connectivity index (χ0v) is 18.4. The fraction of sp³-hybridized carbons (Fsp3) is 0.478. The van der Waals surface area contributed by atoms with E-state index in [0.29, 0.717) is 79.5 Å². The van der Waals surface area contributed by atoms with Gasteiger partial charge in [-0.3, -0.25) is 4.40 Å². The molecular weight excluding hydrogens is 416 g/mol. The Morgan fingerprint density at radius 3 is 2.75 bits per heavy atom. The number of nitrogens with zero attached hydrogens (tertiary/aromatic N) is 4. The number of alkyl halides is 1. The van der Waals surface area contributed by atoms with Gasteiger partial charge in [-0.25, -0.2) is 14.4 Å². The Hall–Kier alpha value is -2.78. The number of imidazole rings is 1. The molecule has 4 heterocycles. The van der Waals surface area contributed by atoms with Crippen molar-refractivity contribution in [1.82, 2.24) is 19.3 Å².